The summed E-state index contributed by atoms with van der Waals surface area (Å²) in [5.41, 5.74) is 3.33. The summed E-state index contributed by atoms with van der Waals surface area (Å²) in [6.07, 6.45) is 1.55. The van der Waals surface area contributed by atoms with E-state index in [-0.39, 0.29) is 5.91 Å². The summed E-state index contributed by atoms with van der Waals surface area (Å²) in [4.78, 5) is 13.3. The smallest absolute Gasteiger partial charge is 0.254 e. The van der Waals surface area contributed by atoms with Crippen LogP contribution < -0.4 is 10.6 Å². The minimum Gasteiger partial charge on any atom is -0.468 e. The van der Waals surface area contributed by atoms with Crippen molar-refractivity contribution in [2.75, 3.05) is 5.32 Å². The monoisotopic (exact) mass is 461 g/mol. The van der Waals surface area contributed by atoms with Crippen LogP contribution in [0.2, 0.25) is 5.02 Å². The first-order valence-corrected chi connectivity index (χ1v) is 11.3. The van der Waals surface area contributed by atoms with Crippen LogP contribution in [0.4, 0.5) is 5.69 Å². The fraction of sp³-hybridized carbons (Fsp3) is 0.120. The molecule has 0 radical (unpaired) electrons. The fourth-order valence-corrected chi connectivity index (χ4v) is 4.70. The molecule has 0 saturated heterocycles. The Kier molecular flexibility index (Phi) is 6.69. The van der Waals surface area contributed by atoms with Gasteiger partial charge in [0.2, 0.25) is 0 Å². The number of carbonyl (C=O) groups excluding carboxylic acids is 1. The maximum Gasteiger partial charge on any atom is 0.254 e. The van der Waals surface area contributed by atoms with E-state index in [0.717, 1.165) is 10.6 Å². The topological polar surface area (TPSA) is 78.1 Å². The molecule has 0 spiro atoms. The highest BCUT2D eigenvalue weighted by molar-refractivity contribution is 8.02. The molecule has 0 bridgehead atoms. The van der Waals surface area contributed by atoms with Crippen LogP contribution >= 0.6 is 23.4 Å². The molecular formula is C25H20ClN3O2S. The number of hydrogen-bond donors (Lipinski definition) is 2. The van der Waals surface area contributed by atoms with Crippen molar-refractivity contribution in [3.8, 4) is 6.07 Å². The Morgan fingerprint density at radius 3 is 2.56 bits per heavy atom. The van der Waals surface area contributed by atoms with Gasteiger partial charge in [-0.15, -0.1) is 11.8 Å². The van der Waals surface area contributed by atoms with E-state index >= 15 is 0 Å². The predicted molar refractivity (Wildman–Crippen MR) is 128 cm³/mol. The molecule has 5 nitrogen and oxygen atoms in total. The highest BCUT2D eigenvalue weighted by atomic mass is 35.5. The molecule has 7 heteroatoms. The molecule has 1 aromatic heterocycles. The van der Waals surface area contributed by atoms with Crippen LogP contribution in [0, 0.1) is 11.3 Å². The van der Waals surface area contributed by atoms with Crippen LogP contribution in [-0.4, -0.2) is 5.91 Å². The Bertz CT molecular complexity index is 1210. The van der Waals surface area contributed by atoms with Crippen molar-refractivity contribution in [3.05, 3.63) is 111 Å². The maximum atomic E-state index is 13.3. The number of rotatable bonds is 6. The number of carbonyl (C=O) groups is 1. The van der Waals surface area contributed by atoms with Crippen LogP contribution in [-0.2, 0) is 10.5 Å². The molecule has 4 rings (SSSR count). The maximum absolute atomic E-state index is 13.3. The average Bonchev–Trinajstić information content (AvgIpc) is 3.34. The highest BCUT2D eigenvalue weighted by Crippen LogP contribution is 2.41. The van der Waals surface area contributed by atoms with Gasteiger partial charge in [-0.3, -0.25) is 4.79 Å². The van der Waals surface area contributed by atoms with Crippen LogP contribution in [0.25, 0.3) is 0 Å². The predicted octanol–water partition coefficient (Wildman–Crippen LogP) is 6.20. The lowest BCUT2D eigenvalue weighted by molar-refractivity contribution is -0.113. The van der Waals surface area contributed by atoms with Gasteiger partial charge in [-0.05, 0) is 48.9 Å². The minimum absolute atomic E-state index is 0.307. The van der Waals surface area contributed by atoms with Crippen molar-refractivity contribution in [3.63, 3.8) is 0 Å². The molecule has 2 heterocycles. The third-order valence-electron chi connectivity index (χ3n) is 5.05. The molecule has 160 valence electrons. The summed E-state index contributed by atoms with van der Waals surface area (Å²) in [6, 6.07) is 22.8. The molecule has 1 atom stereocenters. The molecule has 32 heavy (non-hydrogen) atoms. The molecule has 2 N–H and O–H groups in total. The molecule has 1 amide bonds. The Balaban J connectivity index is 1.67. The van der Waals surface area contributed by atoms with E-state index in [1.54, 1.807) is 42.7 Å². The Morgan fingerprint density at radius 2 is 1.91 bits per heavy atom. The SMILES string of the molecule is CC1=C(C(=O)Nc2ccc(Cl)cc2)C(c2ccco2)C(C#N)=C(SCc2ccccc2)N1. The van der Waals surface area contributed by atoms with Gasteiger partial charge in [-0.1, -0.05) is 41.9 Å². The summed E-state index contributed by atoms with van der Waals surface area (Å²) in [6.45, 7) is 1.84. The number of anilines is 1. The second kappa shape index (κ2) is 9.82. The van der Waals surface area contributed by atoms with Gasteiger partial charge in [-0.25, -0.2) is 0 Å². The van der Waals surface area contributed by atoms with Crippen molar-refractivity contribution in [2.24, 2.45) is 0 Å². The molecule has 0 fully saturated rings. The number of nitrogens with one attached hydrogen (secondary N) is 2. The standard InChI is InChI=1S/C25H20ClN3O2S/c1-16-22(24(30)29-19-11-9-18(26)10-12-19)23(21-8-5-13-31-21)20(14-27)25(28-16)32-15-17-6-3-2-4-7-17/h2-13,23,28H,15H2,1H3,(H,29,30). The van der Waals surface area contributed by atoms with Gasteiger partial charge in [0.05, 0.1) is 34.4 Å². The zero-order chi connectivity index (χ0) is 22.5. The lowest BCUT2D eigenvalue weighted by Crippen LogP contribution is -2.30. The Hall–Kier alpha value is -3.40. The highest BCUT2D eigenvalue weighted by Gasteiger charge is 2.36. The van der Waals surface area contributed by atoms with E-state index in [4.69, 9.17) is 16.0 Å². The number of dihydropyridines is 1. The molecule has 2 aromatic carbocycles. The second-order valence-electron chi connectivity index (χ2n) is 7.20. The molecule has 1 aliphatic heterocycles. The van der Waals surface area contributed by atoms with Gasteiger partial charge in [0.25, 0.3) is 5.91 Å². The van der Waals surface area contributed by atoms with E-state index < -0.39 is 5.92 Å². The number of hydrogen-bond acceptors (Lipinski definition) is 5. The third-order valence-corrected chi connectivity index (χ3v) is 6.39. The third kappa shape index (κ3) is 4.75. The van der Waals surface area contributed by atoms with Crippen molar-refractivity contribution in [1.29, 1.82) is 5.26 Å². The Labute approximate surface area is 195 Å². The molecule has 3 aromatic rings. The van der Waals surface area contributed by atoms with Crippen LogP contribution in [0.5, 0.6) is 0 Å². The van der Waals surface area contributed by atoms with E-state index in [2.05, 4.69) is 16.7 Å². The average molecular weight is 462 g/mol. The molecular weight excluding hydrogens is 442 g/mol. The summed E-state index contributed by atoms with van der Waals surface area (Å²) in [5.74, 6) is 0.320. The molecule has 0 saturated carbocycles. The molecule has 0 aliphatic carbocycles. The minimum atomic E-state index is -0.609. The van der Waals surface area contributed by atoms with Gasteiger partial charge in [0, 0.05) is 22.2 Å². The van der Waals surface area contributed by atoms with Gasteiger partial charge in [0.15, 0.2) is 0 Å². The van der Waals surface area contributed by atoms with Crippen molar-refractivity contribution < 1.29 is 9.21 Å². The van der Waals surface area contributed by atoms with Crippen molar-refractivity contribution in [2.45, 2.75) is 18.6 Å². The number of allylic oxidation sites excluding steroid dienone is 2. The largest absolute Gasteiger partial charge is 0.468 e. The number of furan rings is 1. The zero-order valence-electron chi connectivity index (χ0n) is 17.3. The molecule has 1 aliphatic rings. The second-order valence-corrected chi connectivity index (χ2v) is 8.62. The summed E-state index contributed by atoms with van der Waals surface area (Å²) < 4.78 is 5.66. The zero-order valence-corrected chi connectivity index (χ0v) is 18.8. The van der Waals surface area contributed by atoms with Gasteiger partial charge < -0.3 is 15.1 Å². The summed E-state index contributed by atoms with van der Waals surface area (Å²) in [7, 11) is 0. The Morgan fingerprint density at radius 1 is 1.16 bits per heavy atom. The normalized spacial score (nSPS) is 15.8. The number of nitriles is 1. The first kappa shape index (κ1) is 21.8. The number of halogens is 1. The van der Waals surface area contributed by atoms with E-state index in [9.17, 15) is 10.1 Å². The van der Waals surface area contributed by atoms with Gasteiger partial charge in [-0.2, -0.15) is 5.26 Å². The van der Waals surface area contributed by atoms with Crippen LogP contribution in [0.1, 0.15) is 24.2 Å². The van der Waals surface area contributed by atoms with Gasteiger partial charge >= 0.3 is 0 Å². The lowest BCUT2D eigenvalue weighted by atomic mass is 9.85. The molecule has 1 unspecified atom stereocenters. The lowest BCUT2D eigenvalue weighted by Gasteiger charge is -2.28. The van der Waals surface area contributed by atoms with Crippen molar-refractivity contribution in [1.82, 2.24) is 5.32 Å². The van der Waals surface area contributed by atoms with E-state index in [1.165, 1.54) is 11.8 Å². The van der Waals surface area contributed by atoms with Gasteiger partial charge in [0.1, 0.15) is 5.76 Å². The number of benzene rings is 2. The van der Waals surface area contributed by atoms with Crippen molar-refractivity contribution >= 4 is 35.0 Å². The first-order chi connectivity index (χ1) is 15.6. The summed E-state index contributed by atoms with van der Waals surface area (Å²) >= 11 is 7.48. The first-order valence-electron chi connectivity index (χ1n) is 9.96. The van der Waals surface area contributed by atoms with Crippen LogP contribution in [0.3, 0.4) is 0 Å². The number of amides is 1. The van der Waals surface area contributed by atoms with E-state index in [0.29, 0.717) is 39.1 Å². The quantitative estimate of drug-likeness (QED) is 0.456. The summed E-state index contributed by atoms with van der Waals surface area (Å²) in [5, 5.41) is 17.6. The number of thioether (sulfide) groups is 1. The van der Waals surface area contributed by atoms with E-state index in [1.807, 2.05) is 37.3 Å². The van der Waals surface area contributed by atoms with Crippen LogP contribution in [0.15, 0.2) is 99.3 Å². The number of nitrogens with zero attached hydrogens (tertiary/aromatic N) is 1. The fourth-order valence-electron chi connectivity index (χ4n) is 3.53.